The molecule has 0 saturated carbocycles. The molecule has 0 unspecified atom stereocenters. The molecule has 6 rings (SSSR count). The topological polar surface area (TPSA) is 156 Å². The molecule has 0 atom stereocenters. The van der Waals surface area contributed by atoms with E-state index in [4.69, 9.17) is 15.2 Å². The highest BCUT2D eigenvalue weighted by atomic mass is 19.1. The third kappa shape index (κ3) is 7.14. The summed E-state index contributed by atoms with van der Waals surface area (Å²) in [5.74, 6) is -2.68. The fourth-order valence-electron chi connectivity index (χ4n) is 4.89. The summed E-state index contributed by atoms with van der Waals surface area (Å²) in [6.07, 6.45) is 0. The van der Waals surface area contributed by atoms with Gasteiger partial charge in [0.05, 0.1) is 31.3 Å². The highest BCUT2D eigenvalue weighted by Gasteiger charge is 2.18. The van der Waals surface area contributed by atoms with Crippen molar-refractivity contribution in [2.45, 2.75) is 0 Å². The lowest BCUT2D eigenvalue weighted by atomic mass is 9.97. The maximum Gasteiger partial charge on any atom is 0.233 e. The lowest BCUT2D eigenvalue weighted by Gasteiger charge is -2.15. The first kappa shape index (κ1) is 33.0. The summed E-state index contributed by atoms with van der Waals surface area (Å²) < 4.78 is 66.7. The van der Waals surface area contributed by atoms with Gasteiger partial charge in [-0.3, -0.25) is 0 Å². The maximum atomic E-state index is 14.4. The number of hydrogen-bond donors (Lipinski definition) is 4. The van der Waals surface area contributed by atoms with Gasteiger partial charge in [0.1, 0.15) is 52.2 Å². The molecule has 0 aliphatic carbocycles. The Hall–Kier alpha value is -6.95. The van der Waals surface area contributed by atoms with Crippen molar-refractivity contribution in [3.63, 3.8) is 0 Å². The molecule has 0 fully saturated rings. The molecule has 5 N–H and O–H groups in total. The third-order valence-corrected chi connectivity index (χ3v) is 7.28. The summed E-state index contributed by atoms with van der Waals surface area (Å²) in [6, 6.07) is 21.7. The molecule has 250 valence electrons. The number of halogens is 4. The van der Waals surface area contributed by atoms with Crippen molar-refractivity contribution >= 4 is 40.7 Å². The Bertz CT molecular complexity index is 2190. The lowest BCUT2D eigenvalue weighted by molar-refractivity contribution is 0.404. The number of nitrogens with one attached hydrogen (secondary N) is 3. The van der Waals surface area contributed by atoms with Crippen LogP contribution < -0.4 is 31.2 Å². The zero-order chi connectivity index (χ0) is 35.4. The van der Waals surface area contributed by atoms with Gasteiger partial charge in [0, 0.05) is 34.5 Å². The first-order valence-corrected chi connectivity index (χ1v) is 14.6. The van der Waals surface area contributed by atoms with E-state index < -0.39 is 23.3 Å². The minimum atomic E-state index is -0.903. The molecule has 15 heteroatoms. The second kappa shape index (κ2) is 14.0. The quantitative estimate of drug-likeness (QED) is 0.105. The van der Waals surface area contributed by atoms with Crippen LogP contribution in [0.3, 0.4) is 0 Å². The zero-order valence-electron chi connectivity index (χ0n) is 26.2. The van der Waals surface area contributed by atoms with E-state index >= 15 is 0 Å². The summed E-state index contributed by atoms with van der Waals surface area (Å²) in [4.78, 5) is 17.2. The second-order valence-electron chi connectivity index (χ2n) is 10.5. The maximum absolute atomic E-state index is 14.4. The summed E-state index contributed by atoms with van der Waals surface area (Å²) in [5, 5.41) is 18.2. The predicted molar refractivity (Wildman–Crippen MR) is 180 cm³/mol. The van der Waals surface area contributed by atoms with Crippen LogP contribution in [0.1, 0.15) is 5.56 Å². The molecule has 2 heterocycles. The highest BCUT2D eigenvalue weighted by Crippen LogP contribution is 2.38. The van der Waals surface area contributed by atoms with Crippen LogP contribution in [-0.2, 0) is 0 Å². The van der Waals surface area contributed by atoms with Crippen LogP contribution >= 0.6 is 0 Å². The zero-order valence-corrected chi connectivity index (χ0v) is 26.2. The lowest BCUT2D eigenvalue weighted by Crippen LogP contribution is -2.08. The van der Waals surface area contributed by atoms with Crippen molar-refractivity contribution in [1.29, 1.82) is 5.26 Å². The first-order chi connectivity index (χ1) is 24.1. The first-order valence-electron chi connectivity index (χ1n) is 14.6. The van der Waals surface area contributed by atoms with Crippen molar-refractivity contribution in [1.82, 2.24) is 19.9 Å². The SMILES string of the molecule is COc1ccc(OC)c(-c2cc(-c3ccc(Nc4nc(Nc5ccc(F)cc5F)nc(Nc5ccc(F)cc5F)n4)cc3)nc(N)c2C#N)c1. The normalized spacial score (nSPS) is 10.7. The molecule has 0 aliphatic heterocycles. The summed E-state index contributed by atoms with van der Waals surface area (Å²) in [5.41, 5.74) is 8.83. The number of benzene rings is 4. The van der Waals surface area contributed by atoms with Gasteiger partial charge < -0.3 is 31.2 Å². The van der Waals surface area contributed by atoms with E-state index in [2.05, 4.69) is 42.0 Å². The molecule has 0 bridgehead atoms. The Morgan fingerprint density at radius 1 is 0.640 bits per heavy atom. The number of anilines is 7. The van der Waals surface area contributed by atoms with Crippen molar-refractivity contribution in [2.75, 3.05) is 35.9 Å². The molecular formula is C35H25F4N9O2. The fourth-order valence-corrected chi connectivity index (χ4v) is 4.89. The molecule has 0 amide bonds. The van der Waals surface area contributed by atoms with E-state index in [9.17, 15) is 22.8 Å². The minimum Gasteiger partial charge on any atom is -0.497 e. The number of hydrogen-bond acceptors (Lipinski definition) is 11. The van der Waals surface area contributed by atoms with Crippen molar-refractivity contribution in [2.24, 2.45) is 0 Å². The van der Waals surface area contributed by atoms with Crippen LogP contribution in [0.15, 0.2) is 84.9 Å². The Balaban J connectivity index is 1.32. The monoisotopic (exact) mass is 679 g/mol. The van der Waals surface area contributed by atoms with Crippen molar-refractivity contribution < 1.29 is 27.0 Å². The van der Waals surface area contributed by atoms with Crippen molar-refractivity contribution in [3.05, 3.63) is 114 Å². The van der Waals surface area contributed by atoms with Gasteiger partial charge in [0.15, 0.2) is 0 Å². The standard InChI is InChI=1S/C35H25F4N9O2/c1-49-22-9-12-31(50-2)24(15-22)23-16-30(43-32(41)25(23)17-40)18-3-7-21(8-4-18)42-33-46-34(44-28-10-5-19(36)13-26(28)38)48-35(47-33)45-29-11-6-20(37)14-27(29)39/h3-16H,1-2H3,(H2,41,43)(H3,42,44,45,46,47,48). The molecule has 6 aromatic rings. The molecule has 0 spiro atoms. The van der Waals surface area contributed by atoms with Gasteiger partial charge in [0.2, 0.25) is 17.8 Å². The van der Waals surface area contributed by atoms with E-state index in [1.54, 1.807) is 48.5 Å². The molecule has 11 nitrogen and oxygen atoms in total. The number of rotatable bonds is 10. The number of aromatic nitrogens is 4. The molecule has 0 aliphatic rings. The van der Waals surface area contributed by atoms with Gasteiger partial charge in [0.25, 0.3) is 0 Å². The number of pyridine rings is 1. The molecule has 4 aromatic carbocycles. The van der Waals surface area contributed by atoms with Gasteiger partial charge >= 0.3 is 0 Å². The van der Waals surface area contributed by atoms with E-state index in [1.807, 2.05) is 0 Å². The largest absolute Gasteiger partial charge is 0.497 e. The fraction of sp³-hybridized carbons (Fsp3) is 0.0571. The minimum absolute atomic E-state index is 0.0208. The van der Waals surface area contributed by atoms with Crippen LogP contribution in [0.5, 0.6) is 11.5 Å². The van der Waals surface area contributed by atoms with Crippen LogP contribution in [0.2, 0.25) is 0 Å². The van der Waals surface area contributed by atoms with Gasteiger partial charge in [-0.1, -0.05) is 12.1 Å². The molecular weight excluding hydrogens is 654 g/mol. The van der Waals surface area contributed by atoms with E-state index in [0.717, 1.165) is 24.3 Å². The number of ether oxygens (including phenoxy) is 2. The second-order valence-corrected chi connectivity index (χ2v) is 10.5. The Labute approximate surface area is 282 Å². The van der Waals surface area contributed by atoms with Gasteiger partial charge in [-0.05, 0) is 60.7 Å². The summed E-state index contributed by atoms with van der Waals surface area (Å²) in [7, 11) is 3.04. The summed E-state index contributed by atoms with van der Waals surface area (Å²) >= 11 is 0. The number of nitrogen functional groups attached to an aromatic ring is 1. The molecule has 2 aromatic heterocycles. The Kier molecular flexibility index (Phi) is 9.26. The van der Waals surface area contributed by atoms with Crippen LogP contribution in [0.4, 0.5) is 58.3 Å². The van der Waals surface area contributed by atoms with E-state index in [0.29, 0.717) is 51.7 Å². The molecule has 0 radical (unpaired) electrons. The Morgan fingerprint density at radius 2 is 1.22 bits per heavy atom. The van der Waals surface area contributed by atoms with E-state index in [-0.39, 0.29) is 40.6 Å². The highest BCUT2D eigenvalue weighted by molar-refractivity contribution is 5.84. The number of nitrogens with zero attached hydrogens (tertiary/aromatic N) is 5. The van der Waals surface area contributed by atoms with Crippen LogP contribution in [0.25, 0.3) is 22.4 Å². The van der Waals surface area contributed by atoms with E-state index in [1.165, 1.54) is 14.2 Å². The smallest absolute Gasteiger partial charge is 0.233 e. The third-order valence-electron chi connectivity index (χ3n) is 7.28. The van der Waals surface area contributed by atoms with Crippen LogP contribution in [0, 0.1) is 34.6 Å². The average molecular weight is 680 g/mol. The number of nitriles is 1. The summed E-state index contributed by atoms with van der Waals surface area (Å²) in [6.45, 7) is 0. The van der Waals surface area contributed by atoms with Gasteiger partial charge in [-0.2, -0.15) is 20.2 Å². The predicted octanol–water partition coefficient (Wildman–Crippen LogP) is 7.86. The molecule has 0 saturated heterocycles. The van der Waals surface area contributed by atoms with Gasteiger partial charge in [-0.25, -0.2) is 22.5 Å². The van der Waals surface area contributed by atoms with Gasteiger partial charge in [-0.15, -0.1) is 0 Å². The number of nitrogens with two attached hydrogens (primary N) is 1. The average Bonchev–Trinajstić information content (AvgIpc) is 3.10. The Morgan fingerprint density at radius 3 is 1.74 bits per heavy atom. The van der Waals surface area contributed by atoms with Crippen molar-refractivity contribution in [3.8, 4) is 40.0 Å². The number of methoxy groups -OCH3 is 2. The van der Waals surface area contributed by atoms with Crippen LogP contribution in [-0.4, -0.2) is 34.2 Å². The molecule has 50 heavy (non-hydrogen) atoms.